The molecule has 0 N–H and O–H groups in total. The zero-order valence-electron chi connectivity index (χ0n) is 11.4. The quantitative estimate of drug-likeness (QED) is 0.831. The molecule has 1 aliphatic heterocycles. The monoisotopic (exact) mass is 263 g/mol. The average Bonchev–Trinajstić information content (AvgIpc) is 2.64. The van der Waals surface area contributed by atoms with Gasteiger partial charge in [-0.15, -0.1) is 0 Å². The van der Waals surface area contributed by atoms with Gasteiger partial charge >= 0.3 is 0 Å². The van der Waals surface area contributed by atoms with Crippen LogP contribution in [0.5, 0.6) is 0 Å². The molecule has 1 unspecified atom stereocenters. The van der Waals surface area contributed by atoms with E-state index >= 15 is 0 Å². The Morgan fingerprint density at radius 1 is 1.28 bits per heavy atom. The van der Waals surface area contributed by atoms with E-state index in [1.807, 2.05) is 4.90 Å². The number of hydrogen-bond donors (Lipinski definition) is 1. The number of carbonyl (C=O) groups excluding carboxylic acids is 1. The van der Waals surface area contributed by atoms with Gasteiger partial charge in [0, 0.05) is 19.5 Å². The van der Waals surface area contributed by atoms with Crippen molar-refractivity contribution in [3.05, 3.63) is 34.4 Å². The van der Waals surface area contributed by atoms with E-state index in [1.165, 1.54) is 22.3 Å². The molecule has 2 rings (SSSR count). The summed E-state index contributed by atoms with van der Waals surface area (Å²) in [5, 5.41) is 0. The first-order valence-electron chi connectivity index (χ1n) is 6.46. The van der Waals surface area contributed by atoms with Crippen LogP contribution in [-0.4, -0.2) is 23.1 Å². The molecule has 1 heterocycles. The van der Waals surface area contributed by atoms with Gasteiger partial charge in [-0.2, -0.15) is 12.6 Å². The van der Waals surface area contributed by atoms with Crippen LogP contribution in [0.3, 0.4) is 0 Å². The van der Waals surface area contributed by atoms with E-state index in [4.69, 9.17) is 0 Å². The van der Waals surface area contributed by atoms with Gasteiger partial charge in [0.05, 0.1) is 0 Å². The highest BCUT2D eigenvalue weighted by atomic mass is 32.1. The number of rotatable bonds is 3. The molecule has 0 aliphatic carbocycles. The topological polar surface area (TPSA) is 20.3 Å². The summed E-state index contributed by atoms with van der Waals surface area (Å²) >= 11 is 4.30. The SMILES string of the molecule is Cc1cc(C)c(CN2CC(CS)CC2=O)c(C)c1. The molecule has 3 heteroatoms. The third kappa shape index (κ3) is 2.72. The van der Waals surface area contributed by atoms with Crippen LogP contribution in [0.4, 0.5) is 0 Å². The van der Waals surface area contributed by atoms with E-state index < -0.39 is 0 Å². The lowest BCUT2D eigenvalue weighted by molar-refractivity contribution is -0.128. The van der Waals surface area contributed by atoms with Crippen LogP contribution in [0.1, 0.15) is 28.7 Å². The second-order valence-corrected chi connectivity index (χ2v) is 5.77. The molecule has 18 heavy (non-hydrogen) atoms. The molecular weight excluding hydrogens is 242 g/mol. The van der Waals surface area contributed by atoms with Crippen LogP contribution in [0, 0.1) is 26.7 Å². The van der Waals surface area contributed by atoms with Crippen molar-refractivity contribution in [1.82, 2.24) is 4.90 Å². The Balaban J connectivity index is 2.17. The molecular formula is C15H21NOS. The van der Waals surface area contributed by atoms with Crippen molar-refractivity contribution in [3.63, 3.8) is 0 Å². The number of hydrogen-bond acceptors (Lipinski definition) is 2. The van der Waals surface area contributed by atoms with E-state index in [2.05, 4.69) is 45.5 Å². The Labute approximate surface area is 115 Å². The Morgan fingerprint density at radius 3 is 2.39 bits per heavy atom. The first-order chi connectivity index (χ1) is 8.51. The summed E-state index contributed by atoms with van der Waals surface area (Å²) in [7, 11) is 0. The number of amides is 1. The number of carbonyl (C=O) groups is 1. The van der Waals surface area contributed by atoms with E-state index in [1.54, 1.807) is 0 Å². The number of nitrogens with zero attached hydrogens (tertiary/aromatic N) is 1. The standard InChI is InChI=1S/C15H21NOS/c1-10-4-11(2)14(12(3)5-10)8-16-7-13(9-18)6-15(16)17/h4-5,13,18H,6-9H2,1-3H3. The summed E-state index contributed by atoms with van der Waals surface area (Å²) in [6.45, 7) is 7.98. The van der Waals surface area contributed by atoms with Crippen LogP contribution >= 0.6 is 12.6 Å². The van der Waals surface area contributed by atoms with Gasteiger partial charge in [-0.1, -0.05) is 17.7 Å². The van der Waals surface area contributed by atoms with Crippen molar-refractivity contribution >= 4 is 18.5 Å². The van der Waals surface area contributed by atoms with Crippen LogP contribution in [0.2, 0.25) is 0 Å². The molecule has 1 aromatic carbocycles. The van der Waals surface area contributed by atoms with Crippen molar-refractivity contribution in [2.75, 3.05) is 12.3 Å². The third-order valence-electron chi connectivity index (χ3n) is 3.74. The summed E-state index contributed by atoms with van der Waals surface area (Å²) < 4.78 is 0. The van der Waals surface area contributed by atoms with Gasteiger partial charge in [0.15, 0.2) is 0 Å². The van der Waals surface area contributed by atoms with Crippen LogP contribution in [0.25, 0.3) is 0 Å². The zero-order chi connectivity index (χ0) is 13.3. The molecule has 2 nitrogen and oxygen atoms in total. The summed E-state index contributed by atoms with van der Waals surface area (Å²) in [5.41, 5.74) is 5.16. The molecule has 0 spiro atoms. The smallest absolute Gasteiger partial charge is 0.223 e. The van der Waals surface area contributed by atoms with E-state index in [9.17, 15) is 4.79 Å². The molecule has 0 aromatic heterocycles. The van der Waals surface area contributed by atoms with Gasteiger partial charge in [-0.3, -0.25) is 4.79 Å². The highest BCUT2D eigenvalue weighted by Gasteiger charge is 2.28. The third-order valence-corrected chi connectivity index (χ3v) is 4.26. The van der Waals surface area contributed by atoms with Crippen molar-refractivity contribution in [2.45, 2.75) is 33.7 Å². The van der Waals surface area contributed by atoms with Crippen molar-refractivity contribution in [3.8, 4) is 0 Å². The minimum Gasteiger partial charge on any atom is -0.338 e. The van der Waals surface area contributed by atoms with Crippen molar-refractivity contribution in [1.29, 1.82) is 0 Å². The molecule has 0 radical (unpaired) electrons. The Bertz CT molecular complexity index is 447. The van der Waals surface area contributed by atoms with Gasteiger partial charge in [0.2, 0.25) is 5.91 Å². The fourth-order valence-electron chi connectivity index (χ4n) is 2.78. The number of benzene rings is 1. The maximum absolute atomic E-state index is 11.9. The normalized spacial score (nSPS) is 19.7. The van der Waals surface area contributed by atoms with Gasteiger partial charge in [0.25, 0.3) is 0 Å². The van der Waals surface area contributed by atoms with Crippen LogP contribution in [-0.2, 0) is 11.3 Å². The first-order valence-corrected chi connectivity index (χ1v) is 7.10. The minimum atomic E-state index is 0.272. The van der Waals surface area contributed by atoms with E-state index in [0.717, 1.165) is 18.8 Å². The van der Waals surface area contributed by atoms with Crippen molar-refractivity contribution < 1.29 is 4.79 Å². The van der Waals surface area contributed by atoms with Gasteiger partial charge in [-0.05, 0) is 49.1 Å². The number of aryl methyl sites for hydroxylation is 3. The summed E-state index contributed by atoms with van der Waals surface area (Å²) in [6.07, 6.45) is 0.660. The molecule has 0 saturated carbocycles. The molecule has 1 fully saturated rings. The molecule has 1 amide bonds. The fraction of sp³-hybridized carbons (Fsp3) is 0.533. The lowest BCUT2D eigenvalue weighted by Gasteiger charge is -2.20. The van der Waals surface area contributed by atoms with E-state index in [-0.39, 0.29) is 5.91 Å². The Hall–Kier alpha value is -0.960. The largest absolute Gasteiger partial charge is 0.338 e. The molecule has 0 bridgehead atoms. The van der Waals surface area contributed by atoms with E-state index in [0.29, 0.717) is 12.3 Å². The van der Waals surface area contributed by atoms with Gasteiger partial charge in [0.1, 0.15) is 0 Å². The Morgan fingerprint density at radius 2 is 1.89 bits per heavy atom. The first kappa shape index (κ1) is 13.5. The number of thiol groups is 1. The highest BCUT2D eigenvalue weighted by Crippen LogP contribution is 2.24. The lowest BCUT2D eigenvalue weighted by Crippen LogP contribution is -2.25. The second-order valence-electron chi connectivity index (χ2n) is 5.40. The fourth-order valence-corrected chi connectivity index (χ4v) is 3.02. The van der Waals surface area contributed by atoms with Crippen LogP contribution in [0.15, 0.2) is 12.1 Å². The summed E-state index contributed by atoms with van der Waals surface area (Å²) in [6, 6.07) is 4.39. The van der Waals surface area contributed by atoms with Gasteiger partial charge in [-0.25, -0.2) is 0 Å². The molecule has 1 atom stereocenters. The maximum Gasteiger partial charge on any atom is 0.223 e. The molecule has 98 valence electrons. The average molecular weight is 263 g/mol. The predicted octanol–water partition coefficient (Wildman–Crippen LogP) is 2.89. The molecule has 1 aliphatic rings. The van der Waals surface area contributed by atoms with Crippen molar-refractivity contribution in [2.24, 2.45) is 5.92 Å². The minimum absolute atomic E-state index is 0.272. The Kier molecular flexibility index (Phi) is 4.00. The zero-order valence-corrected chi connectivity index (χ0v) is 12.3. The van der Waals surface area contributed by atoms with Gasteiger partial charge < -0.3 is 4.90 Å². The lowest BCUT2D eigenvalue weighted by atomic mass is 9.99. The molecule has 1 saturated heterocycles. The maximum atomic E-state index is 11.9. The number of likely N-dealkylation sites (tertiary alicyclic amines) is 1. The molecule has 1 aromatic rings. The summed E-state index contributed by atoms with van der Waals surface area (Å²) in [5.74, 6) is 1.49. The second kappa shape index (κ2) is 5.35. The predicted molar refractivity (Wildman–Crippen MR) is 78.0 cm³/mol. The highest BCUT2D eigenvalue weighted by molar-refractivity contribution is 7.80. The summed E-state index contributed by atoms with van der Waals surface area (Å²) in [4.78, 5) is 13.9. The van der Waals surface area contributed by atoms with Crippen LogP contribution < -0.4 is 0 Å².